The molecule has 0 aliphatic carbocycles. The average Bonchev–Trinajstić information content (AvgIpc) is 2.05. The lowest BCUT2D eigenvalue weighted by Gasteiger charge is -2.06. The highest BCUT2D eigenvalue weighted by Crippen LogP contribution is 2.22. The molecule has 0 aromatic heterocycles. The molecule has 0 aliphatic heterocycles. The SMILES string of the molecule is O=S(O)Oc1ccc(CC(F)(F)F)cc1. The van der Waals surface area contributed by atoms with Gasteiger partial charge in [0, 0.05) is 0 Å². The lowest BCUT2D eigenvalue weighted by atomic mass is 10.1. The minimum atomic E-state index is -4.26. The molecule has 84 valence electrons. The smallest absolute Gasteiger partial charge is 0.380 e. The van der Waals surface area contributed by atoms with Gasteiger partial charge in [0.05, 0.1) is 6.42 Å². The summed E-state index contributed by atoms with van der Waals surface area (Å²) in [6, 6.07) is 4.79. The first-order valence-corrected chi connectivity index (χ1v) is 4.85. The van der Waals surface area contributed by atoms with E-state index >= 15 is 0 Å². The fourth-order valence-electron chi connectivity index (χ4n) is 0.977. The van der Waals surface area contributed by atoms with Crippen molar-refractivity contribution in [3.63, 3.8) is 0 Å². The van der Waals surface area contributed by atoms with Crippen molar-refractivity contribution in [1.29, 1.82) is 0 Å². The predicted molar refractivity (Wildman–Crippen MR) is 47.6 cm³/mol. The Morgan fingerprint density at radius 3 is 2.20 bits per heavy atom. The van der Waals surface area contributed by atoms with Crippen LogP contribution in [0, 0.1) is 0 Å². The van der Waals surface area contributed by atoms with E-state index in [2.05, 4.69) is 4.18 Å². The van der Waals surface area contributed by atoms with Gasteiger partial charge in [0.15, 0.2) is 0 Å². The van der Waals surface area contributed by atoms with Crippen LogP contribution in [0.15, 0.2) is 24.3 Å². The number of rotatable bonds is 3. The van der Waals surface area contributed by atoms with E-state index in [4.69, 9.17) is 4.55 Å². The van der Waals surface area contributed by atoms with Crippen LogP contribution in [-0.4, -0.2) is 14.9 Å². The molecule has 0 saturated carbocycles. The minimum Gasteiger partial charge on any atom is -0.380 e. The van der Waals surface area contributed by atoms with Gasteiger partial charge >= 0.3 is 17.5 Å². The lowest BCUT2D eigenvalue weighted by Crippen LogP contribution is -2.11. The van der Waals surface area contributed by atoms with E-state index in [1.165, 1.54) is 24.3 Å². The van der Waals surface area contributed by atoms with E-state index in [0.717, 1.165) is 0 Å². The Balaban J connectivity index is 2.68. The van der Waals surface area contributed by atoms with Crippen molar-refractivity contribution in [2.45, 2.75) is 12.6 Å². The van der Waals surface area contributed by atoms with Crippen LogP contribution in [0.3, 0.4) is 0 Å². The van der Waals surface area contributed by atoms with Crippen LogP contribution < -0.4 is 4.18 Å². The fourth-order valence-corrected chi connectivity index (χ4v) is 1.25. The van der Waals surface area contributed by atoms with Crippen LogP contribution in [0.2, 0.25) is 0 Å². The Bertz CT molecular complexity index is 347. The van der Waals surface area contributed by atoms with Gasteiger partial charge in [-0.25, -0.2) is 0 Å². The third-order valence-electron chi connectivity index (χ3n) is 1.50. The summed E-state index contributed by atoms with van der Waals surface area (Å²) in [5.41, 5.74) is 0.0681. The second kappa shape index (κ2) is 4.63. The van der Waals surface area contributed by atoms with Crippen molar-refractivity contribution >= 4 is 11.4 Å². The number of benzene rings is 1. The van der Waals surface area contributed by atoms with Gasteiger partial charge in [0.25, 0.3) is 0 Å². The average molecular weight is 240 g/mol. The zero-order valence-electron chi connectivity index (χ0n) is 7.32. The molecule has 0 spiro atoms. The molecule has 0 amide bonds. The zero-order valence-corrected chi connectivity index (χ0v) is 8.14. The van der Waals surface area contributed by atoms with E-state index < -0.39 is 24.0 Å². The molecule has 15 heavy (non-hydrogen) atoms. The molecular weight excluding hydrogens is 233 g/mol. The van der Waals surface area contributed by atoms with Crippen LogP contribution in [-0.2, 0) is 17.8 Å². The third-order valence-corrected chi connectivity index (χ3v) is 1.83. The Labute approximate surface area is 86.4 Å². The molecule has 0 saturated heterocycles. The molecule has 0 heterocycles. The molecule has 1 aromatic rings. The van der Waals surface area contributed by atoms with Crippen molar-refractivity contribution in [1.82, 2.24) is 0 Å². The monoisotopic (exact) mass is 240 g/mol. The Morgan fingerprint density at radius 1 is 1.27 bits per heavy atom. The van der Waals surface area contributed by atoms with Crippen LogP contribution >= 0.6 is 0 Å². The first-order valence-electron chi connectivity index (χ1n) is 3.82. The van der Waals surface area contributed by atoms with Crippen LogP contribution in [0.5, 0.6) is 5.75 Å². The van der Waals surface area contributed by atoms with Gasteiger partial charge < -0.3 is 4.18 Å². The first kappa shape index (κ1) is 12.0. The highest BCUT2D eigenvalue weighted by atomic mass is 32.2. The summed E-state index contributed by atoms with van der Waals surface area (Å²) < 4.78 is 58.7. The number of hydrogen-bond donors (Lipinski definition) is 1. The van der Waals surface area contributed by atoms with Crippen molar-refractivity contribution in [2.75, 3.05) is 0 Å². The topological polar surface area (TPSA) is 46.5 Å². The Kier molecular flexibility index (Phi) is 3.70. The standard InChI is InChI=1S/C8H7F3O3S/c9-8(10,11)5-6-1-3-7(4-2-6)14-15(12)13/h1-4H,5H2,(H,12,13). The summed E-state index contributed by atoms with van der Waals surface area (Å²) in [5.74, 6) is 0.0433. The normalized spacial score (nSPS) is 13.6. The molecule has 0 aliphatic rings. The van der Waals surface area contributed by atoms with Crippen molar-refractivity contribution in [3.05, 3.63) is 29.8 Å². The number of alkyl halides is 3. The van der Waals surface area contributed by atoms with E-state index in [9.17, 15) is 17.4 Å². The van der Waals surface area contributed by atoms with Gasteiger partial charge in [-0.2, -0.15) is 17.4 Å². The summed E-state index contributed by atoms with van der Waals surface area (Å²) in [5, 5.41) is 0. The van der Waals surface area contributed by atoms with Crippen LogP contribution in [0.25, 0.3) is 0 Å². The van der Waals surface area contributed by atoms with E-state index in [-0.39, 0.29) is 11.3 Å². The molecule has 0 radical (unpaired) electrons. The minimum absolute atomic E-state index is 0.0433. The van der Waals surface area contributed by atoms with Gasteiger partial charge in [0.1, 0.15) is 5.75 Å². The molecule has 1 unspecified atom stereocenters. The van der Waals surface area contributed by atoms with E-state index in [0.29, 0.717) is 0 Å². The molecule has 0 bridgehead atoms. The van der Waals surface area contributed by atoms with Crippen LogP contribution in [0.1, 0.15) is 5.56 Å². The quantitative estimate of drug-likeness (QED) is 0.824. The predicted octanol–water partition coefficient (Wildman–Crippen LogP) is 2.31. The second-order valence-electron chi connectivity index (χ2n) is 2.74. The molecule has 3 nitrogen and oxygen atoms in total. The van der Waals surface area contributed by atoms with Gasteiger partial charge in [-0.3, -0.25) is 4.55 Å². The second-order valence-corrected chi connectivity index (χ2v) is 3.34. The molecule has 1 N–H and O–H groups in total. The molecule has 1 aromatic carbocycles. The number of hydrogen-bond acceptors (Lipinski definition) is 2. The number of halogens is 3. The maximum atomic E-state index is 11.9. The van der Waals surface area contributed by atoms with E-state index in [1.54, 1.807) is 0 Å². The van der Waals surface area contributed by atoms with Crippen molar-refractivity contribution in [3.8, 4) is 5.75 Å². The molecule has 7 heteroatoms. The van der Waals surface area contributed by atoms with E-state index in [1.807, 2.05) is 0 Å². The Hall–Kier alpha value is -1.08. The summed E-state index contributed by atoms with van der Waals surface area (Å²) in [6.45, 7) is 0. The first-order chi connectivity index (χ1) is 6.87. The Morgan fingerprint density at radius 2 is 1.80 bits per heavy atom. The molecular formula is C8H7F3O3S. The molecule has 0 fully saturated rings. The largest absolute Gasteiger partial charge is 0.393 e. The summed E-state index contributed by atoms with van der Waals surface area (Å²) in [4.78, 5) is 0. The van der Waals surface area contributed by atoms with Crippen LogP contribution in [0.4, 0.5) is 13.2 Å². The lowest BCUT2D eigenvalue weighted by molar-refractivity contribution is -0.127. The van der Waals surface area contributed by atoms with Gasteiger partial charge in [0.2, 0.25) is 0 Å². The maximum absolute atomic E-state index is 11.9. The molecule has 1 rings (SSSR count). The van der Waals surface area contributed by atoms with Gasteiger partial charge in [-0.05, 0) is 17.7 Å². The summed E-state index contributed by atoms with van der Waals surface area (Å²) in [7, 11) is 0. The zero-order chi connectivity index (χ0) is 11.5. The molecule has 1 atom stereocenters. The van der Waals surface area contributed by atoms with Crippen molar-refractivity contribution < 1.29 is 26.1 Å². The summed E-state index contributed by atoms with van der Waals surface area (Å²) >= 11 is -2.46. The maximum Gasteiger partial charge on any atom is 0.393 e. The fraction of sp³-hybridized carbons (Fsp3) is 0.250. The highest BCUT2D eigenvalue weighted by Gasteiger charge is 2.27. The highest BCUT2D eigenvalue weighted by molar-refractivity contribution is 7.74. The van der Waals surface area contributed by atoms with Crippen molar-refractivity contribution in [2.24, 2.45) is 0 Å². The van der Waals surface area contributed by atoms with Gasteiger partial charge in [-0.1, -0.05) is 12.1 Å². The third kappa shape index (κ3) is 4.80. The van der Waals surface area contributed by atoms with Gasteiger partial charge in [-0.15, -0.1) is 0 Å². The summed E-state index contributed by atoms with van der Waals surface area (Å²) in [6.07, 6.45) is -5.29.